The van der Waals surface area contributed by atoms with Crippen LogP contribution in [0, 0.1) is 12.8 Å². The highest BCUT2D eigenvalue weighted by molar-refractivity contribution is 7.20. The molecule has 0 radical (unpaired) electrons. The van der Waals surface area contributed by atoms with Crippen molar-refractivity contribution >= 4 is 28.2 Å². The van der Waals surface area contributed by atoms with Crippen LogP contribution in [0.25, 0.3) is 10.4 Å². The number of rotatable bonds is 6. The fourth-order valence-electron chi connectivity index (χ4n) is 4.80. The number of benzene rings is 1. The van der Waals surface area contributed by atoms with Crippen LogP contribution in [-0.4, -0.2) is 29.8 Å². The Kier molecular flexibility index (Phi) is 6.88. The molecule has 4 nitrogen and oxygen atoms in total. The van der Waals surface area contributed by atoms with E-state index < -0.39 is 0 Å². The lowest BCUT2D eigenvalue weighted by molar-refractivity contribution is -0.116. The highest BCUT2D eigenvalue weighted by Crippen LogP contribution is 2.41. The van der Waals surface area contributed by atoms with E-state index in [1.54, 1.807) is 0 Å². The van der Waals surface area contributed by atoms with Gasteiger partial charge in [0.1, 0.15) is 5.00 Å². The summed E-state index contributed by atoms with van der Waals surface area (Å²) in [5.41, 5.74) is 2.77. The van der Waals surface area contributed by atoms with E-state index in [1.165, 1.54) is 43.4 Å². The summed E-state index contributed by atoms with van der Waals surface area (Å²) in [4.78, 5) is 29.2. The zero-order valence-electron chi connectivity index (χ0n) is 17.9. The molecule has 2 amide bonds. The van der Waals surface area contributed by atoms with E-state index in [1.807, 2.05) is 30.0 Å². The van der Waals surface area contributed by atoms with E-state index in [0.717, 1.165) is 53.4 Å². The minimum Gasteiger partial charge on any atom is -0.339 e. The molecule has 1 aliphatic carbocycles. The smallest absolute Gasteiger partial charge is 0.257 e. The lowest BCUT2D eigenvalue weighted by Gasteiger charge is -2.27. The predicted molar refractivity (Wildman–Crippen MR) is 124 cm³/mol. The summed E-state index contributed by atoms with van der Waals surface area (Å²) in [7, 11) is 0. The average molecular weight is 425 g/mol. The normalized spacial score (nSPS) is 17.3. The summed E-state index contributed by atoms with van der Waals surface area (Å²) in [5, 5.41) is 3.84. The fraction of sp³-hybridized carbons (Fsp3) is 0.520. The molecule has 1 aromatic carbocycles. The van der Waals surface area contributed by atoms with Crippen molar-refractivity contribution in [3.05, 3.63) is 41.5 Å². The van der Waals surface area contributed by atoms with Crippen molar-refractivity contribution in [2.45, 2.75) is 64.7 Å². The number of amides is 2. The van der Waals surface area contributed by atoms with Crippen LogP contribution < -0.4 is 5.32 Å². The standard InChI is InChI=1S/C25H32N2O2S/c1-18-22(25(29)27-16-8-3-9-17-27)24(30-23(18)20-12-4-2-5-13-20)26-21(28)15-14-19-10-6-7-11-19/h2,4-5,12-13,19H,3,6-11,14-17H2,1H3,(H,26,28). The molecule has 30 heavy (non-hydrogen) atoms. The van der Waals surface area contributed by atoms with Gasteiger partial charge in [0.05, 0.1) is 5.56 Å². The lowest BCUT2D eigenvalue weighted by Crippen LogP contribution is -2.36. The van der Waals surface area contributed by atoms with Crippen LogP contribution in [0.4, 0.5) is 5.00 Å². The van der Waals surface area contributed by atoms with Gasteiger partial charge in [-0.05, 0) is 49.7 Å². The molecule has 1 saturated heterocycles. The lowest BCUT2D eigenvalue weighted by atomic mass is 10.0. The average Bonchev–Trinajstić information content (AvgIpc) is 3.41. The van der Waals surface area contributed by atoms with Crippen molar-refractivity contribution in [2.24, 2.45) is 5.92 Å². The SMILES string of the molecule is Cc1c(-c2ccccc2)sc(NC(=O)CCC2CCCC2)c1C(=O)N1CCCCC1. The summed E-state index contributed by atoms with van der Waals surface area (Å²) in [6.45, 7) is 3.64. The summed E-state index contributed by atoms with van der Waals surface area (Å²) in [6, 6.07) is 10.2. The number of likely N-dealkylation sites (tertiary alicyclic amines) is 1. The summed E-state index contributed by atoms with van der Waals surface area (Å²) >= 11 is 1.54. The molecule has 1 saturated carbocycles. The second kappa shape index (κ2) is 9.78. The van der Waals surface area contributed by atoms with E-state index in [9.17, 15) is 9.59 Å². The van der Waals surface area contributed by atoms with E-state index in [2.05, 4.69) is 17.4 Å². The quantitative estimate of drug-likeness (QED) is 0.595. The number of anilines is 1. The van der Waals surface area contributed by atoms with E-state index >= 15 is 0 Å². The molecule has 1 N–H and O–H groups in total. The number of hydrogen-bond donors (Lipinski definition) is 1. The van der Waals surface area contributed by atoms with Gasteiger partial charge in [-0.3, -0.25) is 9.59 Å². The van der Waals surface area contributed by atoms with Crippen LogP contribution in [0.15, 0.2) is 30.3 Å². The minimum atomic E-state index is 0.0375. The molecule has 4 rings (SSSR count). The first-order valence-corrected chi connectivity index (χ1v) is 12.2. The van der Waals surface area contributed by atoms with Crippen LogP contribution in [0.1, 0.15) is 73.7 Å². The van der Waals surface area contributed by atoms with Crippen molar-refractivity contribution < 1.29 is 9.59 Å². The Labute approximate surface area is 183 Å². The van der Waals surface area contributed by atoms with Gasteiger partial charge in [0.25, 0.3) is 5.91 Å². The Bertz CT molecular complexity index is 878. The molecule has 0 unspecified atom stereocenters. The molecule has 1 aromatic heterocycles. The minimum absolute atomic E-state index is 0.0375. The van der Waals surface area contributed by atoms with Crippen LogP contribution >= 0.6 is 11.3 Å². The monoisotopic (exact) mass is 424 g/mol. The van der Waals surface area contributed by atoms with E-state index in [4.69, 9.17) is 0 Å². The number of piperidine rings is 1. The van der Waals surface area contributed by atoms with Gasteiger partial charge in [-0.2, -0.15) is 0 Å². The molecular weight excluding hydrogens is 392 g/mol. The predicted octanol–water partition coefficient (Wildman–Crippen LogP) is 6.26. The Balaban J connectivity index is 1.58. The van der Waals surface area contributed by atoms with Gasteiger partial charge in [0, 0.05) is 24.4 Å². The third-order valence-corrected chi connectivity index (χ3v) is 7.80. The van der Waals surface area contributed by atoms with Crippen LogP contribution in [-0.2, 0) is 4.79 Å². The van der Waals surface area contributed by atoms with Gasteiger partial charge < -0.3 is 10.2 Å². The zero-order valence-corrected chi connectivity index (χ0v) is 18.7. The highest BCUT2D eigenvalue weighted by Gasteiger charge is 2.28. The van der Waals surface area contributed by atoms with E-state index in [0.29, 0.717) is 17.9 Å². The molecule has 1 aliphatic heterocycles. The van der Waals surface area contributed by atoms with Gasteiger partial charge in [-0.25, -0.2) is 0 Å². The maximum atomic E-state index is 13.4. The van der Waals surface area contributed by atoms with Crippen molar-refractivity contribution in [1.82, 2.24) is 4.90 Å². The summed E-state index contributed by atoms with van der Waals surface area (Å²) in [5.74, 6) is 0.794. The highest BCUT2D eigenvalue weighted by atomic mass is 32.1. The topological polar surface area (TPSA) is 49.4 Å². The molecule has 0 atom stereocenters. The van der Waals surface area contributed by atoms with Crippen LogP contribution in [0.5, 0.6) is 0 Å². The Hall–Kier alpha value is -2.14. The second-order valence-corrected chi connectivity index (χ2v) is 9.74. The maximum Gasteiger partial charge on any atom is 0.257 e. The number of nitrogens with one attached hydrogen (secondary N) is 1. The molecular formula is C25H32N2O2S. The maximum absolute atomic E-state index is 13.4. The largest absolute Gasteiger partial charge is 0.339 e. The Morgan fingerprint density at radius 3 is 2.43 bits per heavy atom. The fourth-order valence-corrected chi connectivity index (χ4v) is 6.02. The third-order valence-electron chi connectivity index (χ3n) is 6.55. The molecule has 2 fully saturated rings. The van der Waals surface area contributed by atoms with Gasteiger partial charge >= 0.3 is 0 Å². The molecule has 2 heterocycles. The molecule has 2 aromatic rings. The van der Waals surface area contributed by atoms with Gasteiger partial charge in [-0.1, -0.05) is 56.0 Å². The number of thiophene rings is 1. The first kappa shape index (κ1) is 21.1. The second-order valence-electron chi connectivity index (χ2n) is 8.72. The van der Waals surface area contributed by atoms with Crippen LogP contribution in [0.3, 0.4) is 0 Å². The zero-order chi connectivity index (χ0) is 20.9. The first-order valence-electron chi connectivity index (χ1n) is 11.4. The first-order chi connectivity index (χ1) is 14.6. The van der Waals surface area contributed by atoms with Crippen LogP contribution in [0.2, 0.25) is 0 Å². The number of carbonyl (C=O) groups is 2. The Morgan fingerprint density at radius 1 is 1.03 bits per heavy atom. The molecule has 2 aliphatic rings. The Morgan fingerprint density at radius 2 is 1.73 bits per heavy atom. The van der Waals surface area contributed by atoms with Gasteiger partial charge in [0.2, 0.25) is 5.91 Å². The molecule has 160 valence electrons. The molecule has 0 spiro atoms. The molecule has 5 heteroatoms. The van der Waals surface area contributed by atoms with Crippen molar-refractivity contribution in [3.8, 4) is 10.4 Å². The number of nitrogens with zero attached hydrogens (tertiary/aromatic N) is 1. The van der Waals surface area contributed by atoms with Crippen molar-refractivity contribution in [3.63, 3.8) is 0 Å². The summed E-state index contributed by atoms with van der Waals surface area (Å²) in [6.07, 6.45) is 9.90. The third kappa shape index (κ3) is 4.77. The molecule has 0 bridgehead atoms. The van der Waals surface area contributed by atoms with E-state index in [-0.39, 0.29) is 11.8 Å². The van der Waals surface area contributed by atoms with Gasteiger partial charge in [-0.15, -0.1) is 11.3 Å². The number of carbonyl (C=O) groups excluding carboxylic acids is 2. The van der Waals surface area contributed by atoms with Crippen molar-refractivity contribution in [1.29, 1.82) is 0 Å². The van der Waals surface area contributed by atoms with Gasteiger partial charge in [0.15, 0.2) is 0 Å². The number of hydrogen-bond acceptors (Lipinski definition) is 3. The van der Waals surface area contributed by atoms with Crippen molar-refractivity contribution in [2.75, 3.05) is 18.4 Å². The summed E-state index contributed by atoms with van der Waals surface area (Å²) < 4.78 is 0.